The van der Waals surface area contributed by atoms with E-state index in [1.54, 1.807) is 31.4 Å². The highest BCUT2D eigenvalue weighted by molar-refractivity contribution is 5.96. The van der Waals surface area contributed by atoms with Crippen molar-refractivity contribution in [3.05, 3.63) is 29.8 Å². The number of nitrogens with zero attached hydrogens (tertiary/aromatic N) is 1. The first-order valence-corrected chi connectivity index (χ1v) is 6.01. The number of aromatic carboxylic acids is 1. The Morgan fingerprint density at radius 1 is 1.42 bits per heavy atom. The second-order valence-electron chi connectivity index (χ2n) is 4.03. The van der Waals surface area contributed by atoms with Gasteiger partial charge in [-0.05, 0) is 18.6 Å². The van der Waals surface area contributed by atoms with E-state index < -0.39 is 5.97 Å². The summed E-state index contributed by atoms with van der Waals surface area (Å²) in [5.74, 6) is -0.328. The van der Waals surface area contributed by atoms with E-state index in [0.29, 0.717) is 23.3 Å². The maximum absolute atomic E-state index is 11.2. The van der Waals surface area contributed by atoms with Crippen LogP contribution in [0, 0.1) is 0 Å². The summed E-state index contributed by atoms with van der Waals surface area (Å²) in [5, 5.41) is 9.91. The minimum atomic E-state index is -1.05. The van der Waals surface area contributed by atoms with E-state index in [1.165, 1.54) is 0 Å². The van der Waals surface area contributed by atoms with Crippen molar-refractivity contribution >= 4 is 16.9 Å². The number of benzene rings is 1. The molecule has 1 aromatic heterocycles. The van der Waals surface area contributed by atoms with Crippen molar-refractivity contribution in [2.75, 3.05) is 13.7 Å². The maximum Gasteiger partial charge on any atom is 0.341 e. The second-order valence-corrected chi connectivity index (χ2v) is 4.03. The number of rotatable bonds is 5. The monoisotopic (exact) mass is 261 g/mol. The predicted octanol–water partition coefficient (Wildman–Crippen LogP) is 2.73. The highest BCUT2D eigenvalue weighted by Gasteiger charge is 2.16. The van der Waals surface area contributed by atoms with E-state index in [4.69, 9.17) is 9.47 Å². The van der Waals surface area contributed by atoms with Gasteiger partial charge in [0.2, 0.25) is 5.88 Å². The molecule has 1 aromatic carbocycles. The highest BCUT2D eigenvalue weighted by Crippen LogP contribution is 2.28. The van der Waals surface area contributed by atoms with Crippen molar-refractivity contribution in [3.8, 4) is 11.6 Å². The minimum Gasteiger partial charge on any atom is -0.494 e. The summed E-state index contributed by atoms with van der Waals surface area (Å²) >= 11 is 0. The van der Waals surface area contributed by atoms with E-state index >= 15 is 0 Å². The molecule has 19 heavy (non-hydrogen) atoms. The van der Waals surface area contributed by atoms with Crippen LogP contribution in [0.4, 0.5) is 0 Å². The number of pyridine rings is 1. The fraction of sp³-hybridized carbons (Fsp3) is 0.286. The lowest BCUT2D eigenvalue weighted by Crippen LogP contribution is -2.06. The number of ether oxygens (including phenoxy) is 2. The topological polar surface area (TPSA) is 68.7 Å². The van der Waals surface area contributed by atoms with Gasteiger partial charge in [-0.2, -0.15) is 0 Å². The maximum atomic E-state index is 11.2. The molecule has 0 atom stereocenters. The van der Waals surface area contributed by atoms with Crippen LogP contribution in [0.5, 0.6) is 11.6 Å². The predicted molar refractivity (Wildman–Crippen MR) is 71.0 cm³/mol. The first-order chi connectivity index (χ1) is 9.17. The van der Waals surface area contributed by atoms with Crippen LogP contribution in [0.1, 0.15) is 23.7 Å². The minimum absolute atomic E-state index is 0.0641. The molecule has 0 aliphatic heterocycles. The summed E-state index contributed by atoms with van der Waals surface area (Å²) in [6.45, 7) is 2.37. The van der Waals surface area contributed by atoms with Gasteiger partial charge in [0.15, 0.2) is 0 Å². The summed E-state index contributed by atoms with van der Waals surface area (Å²) in [4.78, 5) is 15.5. The molecule has 100 valence electrons. The Bertz CT molecular complexity index is 610. The van der Waals surface area contributed by atoms with Crippen LogP contribution in [0.3, 0.4) is 0 Å². The van der Waals surface area contributed by atoms with Crippen molar-refractivity contribution in [3.63, 3.8) is 0 Å². The zero-order valence-corrected chi connectivity index (χ0v) is 10.8. The van der Waals surface area contributed by atoms with Gasteiger partial charge < -0.3 is 14.6 Å². The normalized spacial score (nSPS) is 10.4. The number of carboxylic acids is 1. The molecule has 0 spiro atoms. The first-order valence-electron chi connectivity index (χ1n) is 6.01. The van der Waals surface area contributed by atoms with Crippen LogP contribution in [-0.4, -0.2) is 29.8 Å². The number of aromatic nitrogens is 1. The number of carbonyl (C=O) groups is 1. The molecule has 0 saturated heterocycles. The Morgan fingerprint density at radius 2 is 2.21 bits per heavy atom. The van der Waals surface area contributed by atoms with Gasteiger partial charge in [-0.1, -0.05) is 19.1 Å². The summed E-state index contributed by atoms with van der Waals surface area (Å²) in [6.07, 6.45) is 0.782. The Balaban J connectivity index is 2.62. The van der Waals surface area contributed by atoms with Crippen molar-refractivity contribution in [2.24, 2.45) is 0 Å². The lowest BCUT2D eigenvalue weighted by molar-refractivity contribution is 0.0691. The Morgan fingerprint density at radius 3 is 2.84 bits per heavy atom. The van der Waals surface area contributed by atoms with Crippen molar-refractivity contribution in [2.45, 2.75) is 13.3 Å². The van der Waals surface area contributed by atoms with Crippen LogP contribution in [0.2, 0.25) is 0 Å². The molecule has 1 heterocycles. The molecule has 0 bridgehead atoms. The molecule has 0 amide bonds. The molecular formula is C14H15NO4. The van der Waals surface area contributed by atoms with Gasteiger partial charge in [0.1, 0.15) is 16.8 Å². The third kappa shape index (κ3) is 2.59. The molecule has 5 nitrogen and oxygen atoms in total. The second kappa shape index (κ2) is 5.56. The Labute approximate surface area is 110 Å². The third-order valence-electron chi connectivity index (χ3n) is 2.67. The van der Waals surface area contributed by atoms with Crippen LogP contribution < -0.4 is 9.47 Å². The highest BCUT2D eigenvalue weighted by atomic mass is 16.5. The molecule has 0 aliphatic rings. The number of methoxy groups -OCH3 is 1. The van der Waals surface area contributed by atoms with Gasteiger partial charge >= 0.3 is 5.97 Å². The van der Waals surface area contributed by atoms with Crippen molar-refractivity contribution < 1.29 is 19.4 Å². The zero-order valence-electron chi connectivity index (χ0n) is 10.8. The molecule has 0 aliphatic carbocycles. The molecule has 0 fully saturated rings. The summed E-state index contributed by atoms with van der Waals surface area (Å²) < 4.78 is 10.6. The molecule has 2 aromatic rings. The smallest absolute Gasteiger partial charge is 0.341 e. The largest absolute Gasteiger partial charge is 0.494 e. The summed E-state index contributed by atoms with van der Waals surface area (Å²) in [7, 11) is 1.55. The third-order valence-corrected chi connectivity index (χ3v) is 2.67. The van der Waals surface area contributed by atoms with Crippen LogP contribution in [-0.2, 0) is 0 Å². The van der Waals surface area contributed by atoms with Gasteiger partial charge in [-0.25, -0.2) is 9.78 Å². The van der Waals surface area contributed by atoms with Gasteiger partial charge in [0.25, 0.3) is 0 Å². The summed E-state index contributed by atoms with van der Waals surface area (Å²) in [6, 6.07) is 6.92. The van der Waals surface area contributed by atoms with Crippen LogP contribution in [0.15, 0.2) is 24.3 Å². The molecule has 2 rings (SSSR count). The quantitative estimate of drug-likeness (QED) is 0.896. The number of fused-ring (bicyclic) bond motifs is 1. The number of carboxylic acid groups (broad SMARTS) is 1. The first kappa shape index (κ1) is 13.1. The lowest BCUT2D eigenvalue weighted by Gasteiger charge is -2.10. The van der Waals surface area contributed by atoms with Crippen molar-refractivity contribution in [1.29, 1.82) is 0 Å². The zero-order chi connectivity index (χ0) is 13.8. The lowest BCUT2D eigenvalue weighted by atomic mass is 10.1. The number of para-hydroxylation sites is 1. The standard InChI is InChI=1S/C14H15NO4/c1-3-7-19-13-10(14(16)17)8-9-5-4-6-11(18-2)12(9)15-13/h4-6,8H,3,7H2,1-2H3,(H,16,17). The van der Waals surface area contributed by atoms with Crippen molar-refractivity contribution in [1.82, 2.24) is 4.98 Å². The van der Waals surface area contributed by atoms with E-state index in [2.05, 4.69) is 4.98 Å². The van der Waals surface area contributed by atoms with E-state index in [1.807, 2.05) is 6.92 Å². The summed E-state index contributed by atoms with van der Waals surface area (Å²) in [5.41, 5.74) is 0.662. The van der Waals surface area contributed by atoms with Gasteiger partial charge in [-0.3, -0.25) is 0 Å². The molecule has 1 N–H and O–H groups in total. The van der Waals surface area contributed by atoms with Gasteiger partial charge in [0.05, 0.1) is 13.7 Å². The fourth-order valence-electron chi connectivity index (χ4n) is 1.78. The van der Waals surface area contributed by atoms with E-state index in [0.717, 1.165) is 6.42 Å². The molecule has 0 saturated carbocycles. The SMILES string of the molecule is CCCOc1nc2c(OC)cccc2cc1C(=O)O. The number of hydrogen-bond acceptors (Lipinski definition) is 4. The molecular weight excluding hydrogens is 246 g/mol. The molecule has 0 radical (unpaired) electrons. The van der Waals surface area contributed by atoms with Crippen LogP contribution in [0.25, 0.3) is 10.9 Å². The van der Waals surface area contributed by atoms with E-state index in [-0.39, 0.29) is 11.4 Å². The Kier molecular flexibility index (Phi) is 3.85. The number of hydrogen-bond donors (Lipinski definition) is 1. The Hall–Kier alpha value is -2.30. The van der Waals surface area contributed by atoms with Gasteiger partial charge in [-0.15, -0.1) is 0 Å². The average molecular weight is 261 g/mol. The fourth-order valence-corrected chi connectivity index (χ4v) is 1.78. The van der Waals surface area contributed by atoms with Gasteiger partial charge in [0, 0.05) is 5.39 Å². The molecule has 0 unspecified atom stereocenters. The van der Waals surface area contributed by atoms with Crippen LogP contribution >= 0.6 is 0 Å². The average Bonchev–Trinajstić information content (AvgIpc) is 2.43. The van der Waals surface area contributed by atoms with E-state index in [9.17, 15) is 9.90 Å². The molecule has 5 heteroatoms.